The van der Waals surface area contributed by atoms with Crippen LogP contribution in [0.4, 0.5) is 11.9 Å². The standard InChI is InChI=1S/C9H17N5.C3H8/c1-14-8(10)12-13-9(14)11-6-7-4-2-3-5-7;1-3-2/h7H,2-6H2,1H3,(H2,10,12)(H,11,13);3H2,1-2H3. The molecular weight excluding hydrogens is 214 g/mol. The third kappa shape index (κ3) is 4.24. The van der Waals surface area contributed by atoms with Gasteiger partial charge in [-0.1, -0.05) is 33.1 Å². The molecule has 0 aliphatic heterocycles. The van der Waals surface area contributed by atoms with Crippen molar-refractivity contribution in [1.82, 2.24) is 14.8 Å². The van der Waals surface area contributed by atoms with Crippen molar-refractivity contribution in [2.75, 3.05) is 17.6 Å². The first kappa shape index (κ1) is 13.8. The number of nitrogens with zero attached hydrogens (tertiary/aromatic N) is 3. The minimum atomic E-state index is 0.457. The van der Waals surface area contributed by atoms with Crippen LogP contribution in [0.2, 0.25) is 0 Å². The Labute approximate surface area is 104 Å². The van der Waals surface area contributed by atoms with Crippen LogP contribution >= 0.6 is 0 Å². The van der Waals surface area contributed by atoms with E-state index in [0.717, 1.165) is 18.4 Å². The molecule has 1 fully saturated rings. The van der Waals surface area contributed by atoms with Gasteiger partial charge in [0.2, 0.25) is 11.9 Å². The van der Waals surface area contributed by atoms with E-state index in [0.29, 0.717) is 5.95 Å². The van der Waals surface area contributed by atoms with Crippen LogP contribution < -0.4 is 11.1 Å². The first-order chi connectivity index (χ1) is 8.19. The zero-order chi connectivity index (χ0) is 12.7. The van der Waals surface area contributed by atoms with E-state index in [1.807, 2.05) is 7.05 Å². The molecule has 0 saturated heterocycles. The molecule has 0 amide bonds. The van der Waals surface area contributed by atoms with E-state index in [1.54, 1.807) is 4.57 Å². The number of nitrogens with two attached hydrogens (primary N) is 1. The zero-order valence-electron chi connectivity index (χ0n) is 11.2. The van der Waals surface area contributed by atoms with Gasteiger partial charge in [-0.2, -0.15) is 0 Å². The molecule has 0 radical (unpaired) electrons. The molecule has 1 aliphatic carbocycles. The van der Waals surface area contributed by atoms with Gasteiger partial charge in [-0.15, -0.1) is 10.2 Å². The van der Waals surface area contributed by atoms with E-state index >= 15 is 0 Å². The predicted octanol–water partition coefficient (Wildman–Crippen LogP) is 2.42. The summed E-state index contributed by atoms with van der Waals surface area (Å²) in [7, 11) is 1.87. The van der Waals surface area contributed by atoms with E-state index in [9.17, 15) is 0 Å². The molecule has 1 heterocycles. The Kier molecular flexibility index (Phi) is 5.80. The topological polar surface area (TPSA) is 68.8 Å². The zero-order valence-corrected chi connectivity index (χ0v) is 11.2. The monoisotopic (exact) mass is 239 g/mol. The summed E-state index contributed by atoms with van der Waals surface area (Å²) in [5.74, 6) is 2.03. The first-order valence-electron chi connectivity index (χ1n) is 6.57. The highest BCUT2D eigenvalue weighted by molar-refractivity contribution is 5.32. The van der Waals surface area contributed by atoms with Crippen LogP contribution in [-0.2, 0) is 7.05 Å². The van der Waals surface area contributed by atoms with Crippen molar-refractivity contribution in [2.24, 2.45) is 13.0 Å². The smallest absolute Gasteiger partial charge is 0.225 e. The van der Waals surface area contributed by atoms with Gasteiger partial charge < -0.3 is 11.1 Å². The lowest BCUT2D eigenvalue weighted by Gasteiger charge is -2.10. The van der Waals surface area contributed by atoms with Crippen LogP contribution in [0.5, 0.6) is 0 Å². The van der Waals surface area contributed by atoms with Crippen LogP contribution in [0.15, 0.2) is 0 Å². The Morgan fingerprint density at radius 3 is 2.35 bits per heavy atom. The number of nitrogen functional groups attached to an aromatic ring is 1. The van der Waals surface area contributed by atoms with E-state index < -0.39 is 0 Å². The van der Waals surface area contributed by atoms with Gasteiger partial charge in [0, 0.05) is 13.6 Å². The first-order valence-corrected chi connectivity index (χ1v) is 6.57. The van der Waals surface area contributed by atoms with Gasteiger partial charge in [-0.3, -0.25) is 4.57 Å². The van der Waals surface area contributed by atoms with Crippen LogP contribution in [0.25, 0.3) is 0 Å². The Bertz CT molecular complexity index is 315. The maximum Gasteiger partial charge on any atom is 0.225 e. The lowest BCUT2D eigenvalue weighted by atomic mass is 10.1. The maximum absolute atomic E-state index is 5.57. The van der Waals surface area contributed by atoms with Crippen LogP contribution in [0.3, 0.4) is 0 Å². The van der Waals surface area contributed by atoms with E-state index in [4.69, 9.17) is 5.73 Å². The molecule has 17 heavy (non-hydrogen) atoms. The average Bonchev–Trinajstić information content (AvgIpc) is 2.91. The number of aromatic nitrogens is 3. The van der Waals surface area contributed by atoms with Crippen molar-refractivity contribution in [2.45, 2.75) is 46.0 Å². The predicted molar refractivity (Wildman–Crippen MR) is 71.8 cm³/mol. The quantitative estimate of drug-likeness (QED) is 0.850. The van der Waals surface area contributed by atoms with Crippen LogP contribution in [-0.4, -0.2) is 21.3 Å². The molecular formula is C12H25N5. The molecule has 1 saturated carbocycles. The highest BCUT2D eigenvalue weighted by Gasteiger charge is 2.15. The van der Waals surface area contributed by atoms with Crippen LogP contribution in [0.1, 0.15) is 46.0 Å². The maximum atomic E-state index is 5.57. The molecule has 0 bridgehead atoms. The third-order valence-corrected chi connectivity index (χ3v) is 2.93. The van der Waals surface area contributed by atoms with Crippen molar-refractivity contribution in [3.63, 3.8) is 0 Å². The van der Waals surface area contributed by atoms with Crippen molar-refractivity contribution in [3.05, 3.63) is 0 Å². The summed E-state index contributed by atoms with van der Waals surface area (Å²) in [6, 6.07) is 0. The minimum absolute atomic E-state index is 0.457. The van der Waals surface area contributed by atoms with Gasteiger partial charge in [0.1, 0.15) is 0 Å². The second-order valence-electron chi connectivity index (χ2n) is 4.68. The fourth-order valence-electron chi connectivity index (χ4n) is 1.95. The summed E-state index contributed by atoms with van der Waals surface area (Å²) in [4.78, 5) is 0. The van der Waals surface area contributed by atoms with Gasteiger partial charge in [-0.25, -0.2) is 0 Å². The van der Waals surface area contributed by atoms with Crippen molar-refractivity contribution < 1.29 is 0 Å². The number of hydrogen-bond acceptors (Lipinski definition) is 4. The fraction of sp³-hybridized carbons (Fsp3) is 0.833. The molecule has 5 heteroatoms. The Morgan fingerprint density at radius 2 is 1.88 bits per heavy atom. The fourth-order valence-corrected chi connectivity index (χ4v) is 1.95. The second-order valence-corrected chi connectivity index (χ2v) is 4.68. The summed E-state index contributed by atoms with van der Waals surface area (Å²) in [5, 5.41) is 11.0. The normalized spacial score (nSPS) is 15.5. The largest absolute Gasteiger partial charge is 0.368 e. The van der Waals surface area contributed by atoms with Gasteiger partial charge in [0.15, 0.2) is 0 Å². The van der Waals surface area contributed by atoms with E-state index in [2.05, 4.69) is 29.4 Å². The summed E-state index contributed by atoms with van der Waals surface area (Å²) in [5.41, 5.74) is 5.57. The molecule has 1 aromatic heterocycles. The van der Waals surface area contributed by atoms with E-state index in [-0.39, 0.29) is 0 Å². The molecule has 98 valence electrons. The average molecular weight is 239 g/mol. The number of hydrogen-bond donors (Lipinski definition) is 2. The summed E-state index contributed by atoms with van der Waals surface area (Å²) >= 11 is 0. The van der Waals surface area contributed by atoms with Gasteiger partial charge in [-0.05, 0) is 18.8 Å². The van der Waals surface area contributed by atoms with E-state index in [1.165, 1.54) is 32.1 Å². The highest BCUT2D eigenvalue weighted by atomic mass is 15.4. The molecule has 2 rings (SSSR count). The molecule has 0 unspecified atom stereocenters. The lowest BCUT2D eigenvalue weighted by Crippen LogP contribution is -2.14. The number of nitrogens with one attached hydrogen (secondary N) is 1. The Hall–Kier alpha value is -1.26. The SMILES string of the molecule is CCC.Cn1c(N)nnc1NCC1CCCC1. The van der Waals surface area contributed by atoms with Gasteiger partial charge in [0.25, 0.3) is 0 Å². The van der Waals surface area contributed by atoms with Crippen molar-refractivity contribution >= 4 is 11.9 Å². The summed E-state index contributed by atoms with van der Waals surface area (Å²) < 4.78 is 1.77. The second kappa shape index (κ2) is 7.14. The van der Waals surface area contributed by atoms with Gasteiger partial charge >= 0.3 is 0 Å². The van der Waals surface area contributed by atoms with Crippen LogP contribution in [0, 0.1) is 5.92 Å². The Morgan fingerprint density at radius 1 is 1.29 bits per heavy atom. The highest BCUT2D eigenvalue weighted by Crippen LogP contribution is 2.24. The molecule has 1 aromatic rings. The molecule has 0 aromatic carbocycles. The molecule has 1 aliphatic rings. The Balaban J connectivity index is 0.000000437. The molecule has 3 N–H and O–H groups in total. The van der Waals surface area contributed by atoms with Gasteiger partial charge in [0.05, 0.1) is 0 Å². The number of anilines is 2. The van der Waals surface area contributed by atoms with Crippen molar-refractivity contribution in [1.29, 1.82) is 0 Å². The number of rotatable bonds is 3. The minimum Gasteiger partial charge on any atom is -0.368 e. The van der Waals surface area contributed by atoms with Crippen molar-refractivity contribution in [3.8, 4) is 0 Å². The molecule has 5 nitrogen and oxygen atoms in total. The molecule has 0 atom stereocenters. The lowest BCUT2D eigenvalue weighted by molar-refractivity contribution is 0.576. The molecule has 0 spiro atoms. The third-order valence-electron chi connectivity index (χ3n) is 2.93. The summed E-state index contributed by atoms with van der Waals surface area (Å²) in [6.45, 7) is 5.24. The summed E-state index contributed by atoms with van der Waals surface area (Å²) in [6.07, 6.45) is 6.65.